The van der Waals surface area contributed by atoms with Gasteiger partial charge >= 0.3 is 5.97 Å². The number of hydrogen-bond acceptors (Lipinski definition) is 6. The van der Waals surface area contributed by atoms with Crippen molar-refractivity contribution in [1.29, 1.82) is 0 Å². The molecule has 1 heterocycles. The van der Waals surface area contributed by atoms with E-state index in [1.807, 2.05) is 37.3 Å². The number of esters is 1. The molecule has 254 valence electrons. The largest absolute Gasteiger partial charge is 0.469 e. The zero-order valence-corrected chi connectivity index (χ0v) is 28.3. The lowest BCUT2D eigenvalue weighted by Crippen LogP contribution is -2.53. The highest BCUT2D eigenvalue weighted by Gasteiger charge is 2.32. The molecule has 0 saturated carbocycles. The molecule has 0 radical (unpaired) electrons. The fourth-order valence-electron chi connectivity index (χ4n) is 5.81. The van der Waals surface area contributed by atoms with Crippen LogP contribution in [0.3, 0.4) is 0 Å². The van der Waals surface area contributed by atoms with Gasteiger partial charge in [0.05, 0.1) is 12.6 Å². The molecule has 2 atom stereocenters. The van der Waals surface area contributed by atoms with Crippen molar-refractivity contribution in [3.63, 3.8) is 0 Å². The molecule has 0 fully saturated rings. The summed E-state index contributed by atoms with van der Waals surface area (Å²) >= 11 is 0. The van der Waals surface area contributed by atoms with Gasteiger partial charge in [-0.05, 0) is 61.8 Å². The minimum absolute atomic E-state index is 0.0102. The monoisotopic (exact) mass is 644 g/mol. The number of fused-ring (bicyclic) bond motifs is 1. The molecule has 0 aliphatic carbocycles. The Morgan fingerprint density at radius 3 is 2.26 bits per heavy atom. The lowest BCUT2D eigenvalue weighted by molar-refractivity contribution is -0.141. The van der Waals surface area contributed by atoms with Gasteiger partial charge in [0, 0.05) is 30.8 Å². The third-order valence-electron chi connectivity index (χ3n) is 8.51. The van der Waals surface area contributed by atoms with E-state index < -0.39 is 29.9 Å². The smallest absolute Gasteiger partial charge is 0.305 e. The standard InChI is InChI=1S/C38H52N4O5/c1-4-6-8-9-10-14-28-19-21-29(22-20-28)26-31(27-35(39)43)42(25-7-5-2)38(46)34(17-13-18-36(44)47-3)41-37(45)33-24-23-30-15-11-12-16-32(30)40-33/h11-12,15-16,19-24,31,34H,4-10,13-14,17-18,25-27H2,1-3H3,(H2,39,43)(H,41,45)/t31-,34-/m0/s1. The van der Waals surface area contributed by atoms with E-state index >= 15 is 0 Å². The van der Waals surface area contributed by atoms with Gasteiger partial charge in [-0.1, -0.05) is 94.5 Å². The highest BCUT2D eigenvalue weighted by Crippen LogP contribution is 2.19. The summed E-state index contributed by atoms with van der Waals surface area (Å²) in [6.07, 6.45) is 9.78. The van der Waals surface area contributed by atoms with Gasteiger partial charge in [-0.15, -0.1) is 0 Å². The first-order chi connectivity index (χ1) is 22.7. The van der Waals surface area contributed by atoms with Crippen LogP contribution in [-0.2, 0) is 32.0 Å². The second-order valence-corrected chi connectivity index (χ2v) is 12.3. The maximum absolute atomic E-state index is 14.4. The number of nitrogens with two attached hydrogens (primary N) is 1. The molecule has 9 heteroatoms. The van der Waals surface area contributed by atoms with Crippen molar-refractivity contribution in [2.45, 2.75) is 109 Å². The maximum atomic E-state index is 14.4. The van der Waals surface area contributed by atoms with Crippen molar-refractivity contribution in [3.05, 3.63) is 77.5 Å². The molecule has 2 aromatic carbocycles. The zero-order valence-electron chi connectivity index (χ0n) is 28.3. The van der Waals surface area contributed by atoms with E-state index in [0.717, 1.165) is 30.2 Å². The molecule has 0 unspecified atom stereocenters. The minimum Gasteiger partial charge on any atom is -0.469 e. The number of ether oxygens (including phenoxy) is 1. The molecular weight excluding hydrogens is 592 g/mol. The molecule has 1 aromatic heterocycles. The lowest BCUT2D eigenvalue weighted by atomic mass is 9.97. The van der Waals surface area contributed by atoms with Crippen molar-refractivity contribution in [1.82, 2.24) is 15.2 Å². The van der Waals surface area contributed by atoms with E-state index in [4.69, 9.17) is 10.5 Å². The van der Waals surface area contributed by atoms with E-state index in [0.29, 0.717) is 31.3 Å². The molecule has 3 N–H and O–H groups in total. The van der Waals surface area contributed by atoms with E-state index in [2.05, 4.69) is 41.5 Å². The minimum atomic E-state index is -0.942. The van der Waals surface area contributed by atoms with Crippen LogP contribution in [0.2, 0.25) is 0 Å². The van der Waals surface area contributed by atoms with Crippen molar-refractivity contribution in [2.24, 2.45) is 5.73 Å². The number of aryl methyl sites for hydroxylation is 1. The highest BCUT2D eigenvalue weighted by atomic mass is 16.5. The average molecular weight is 645 g/mol. The van der Waals surface area contributed by atoms with Crippen molar-refractivity contribution >= 4 is 34.6 Å². The van der Waals surface area contributed by atoms with Gasteiger partial charge in [0.2, 0.25) is 11.8 Å². The molecular formula is C38H52N4O5. The van der Waals surface area contributed by atoms with Crippen LogP contribution in [0.15, 0.2) is 60.7 Å². The predicted molar refractivity (Wildman–Crippen MR) is 186 cm³/mol. The number of rotatable bonds is 21. The molecule has 9 nitrogen and oxygen atoms in total. The first-order valence-electron chi connectivity index (χ1n) is 17.2. The number of carbonyl (C=O) groups excluding carboxylic acids is 4. The topological polar surface area (TPSA) is 132 Å². The fraction of sp³-hybridized carbons (Fsp3) is 0.500. The van der Waals surface area contributed by atoms with Crippen LogP contribution in [0.4, 0.5) is 0 Å². The Kier molecular flexibility index (Phi) is 15.9. The molecule has 47 heavy (non-hydrogen) atoms. The summed E-state index contributed by atoms with van der Waals surface area (Å²) in [5.74, 6) is -1.69. The molecule has 3 rings (SSSR count). The van der Waals surface area contributed by atoms with E-state index in [1.54, 1.807) is 11.0 Å². The van der Waals surface area contributed by atoms with Gasteiger partial charge in [-0.2, -0.15) is 0 Å². The van der Waals surface area contributed by atoms with E-state index in [1.165, 1.54) is 38.4 Å². The molecule has 0 aliphatic rings. The number of carbonyl (C=O) groups is 4. The summed E-state index contributed by atoms with van der Waals surface area (Å²) in [7, 11) is 1.32. The van der Waals surface area contributed by atoms with Gasteiger partial charge < -0.3 is 20.7 Å². The van der Waals surface area contributed by atoms with Crippen LogP contribution < -0.4 is 11.1 Å². The van der Waals surface area contributed by atoms with Gasteiger partial charge in [0.15, 0.2) is 0 Å². The average Bonchev–Trinajstić information content (AvgIpc) is 3.07. The number of hydrogen-bond donors (Lipinski definition) is 2. The van der Waals surface area contributed by atoms with Crippen LogP contribution in [0, 0.1) is 0 Å². The van der Waals surface area contributed by atoms with Crippen LogP contribution in [0.25, 0.3) is 10.9 Å². The number of unbranched alkanes of at least 4 members (excludes halogenated alkanes) is 5. The third kappa shape index (κ3) is 12.5. The van der Waals surface area contributed by atoms with E-state index in [-0.39, 0.29) is 30.9 Å². The molecule has 0 spiro atoms. The lowest BCUT2D eigenvalue weighted by Gasteiger charge is -2.34. The second-order valence-electron chi connectivity index (χ2n) is 12.3. The van der Waals surface area contributed by atoms with Gasteiger partial charge in [-0.25, -0.2) is 4.98 Å². The number of primary amides is 1. The van der Waals surface area contributed by atoms with E-state index in [9.17, 15) is 19.2 Å². The van der Waals surface area contributed by atoms with Crippen LogP contribution in [0.5, 0.6) is 0 Å². The molecule has 3 amide bonds. The summed E-state index contributed by atoms with van der Waals surface area (Å²) in [6, 6.07) is 17.9. The number of nitrogens with zero attached hydrogens (tertiary/aromatic N) is 2. The Labute approximate surface area is 279 Å². The number of methoxy groups -OCH3 is 1. The highest BCUT2D eigenvalue weighted by molar-refractivity contribution is 5.98. The number of nitrogens with one attached hydrogen (secondary N) is 1. The van der Waals surface area contributed by atoms with Gasteiger partial charge in [0.25, 0.3) is 5.91 Å². The first kappa shape index (κ1) is 37.2. The van der Waals surface area contributed by atoms with Crippen LogP contribution >= 0.6 is 0 Å². The molecule has 0 saturated heterocycles. The Morgan fingerprint density at radius 2 is 1.55 bits per heavy atom. The normalized spacial score (nSPS) is 12.3. The van der Waals surface area contributed by atoms with Gasteiger partial charge in [-0.3, -0.25) is 19.2 Å². The second kappa shape index (κ2) is 20.1. The number of para-hydroxylation sites is 1. The quantitative estimate of drug-likeness (QED) is 0.103. The molecule has 0 aliphatic heterocycles. The van der Waals surface area contributed by atoms with Gasteiger partial charge in [0.1, 0.15) is 11.7 Å². The Balaban J connectivity index is 1.83. The van der Waals surface area contributed by atoms with Crippen molar-refractivity contribution < 1.29 is 23.9 Å². The summed E-state index contributed by atoms with van der Waals surface area (Å²) in [4.78, 5) is 58.3. The number of benzene rings is 2. The van der Waals surface area contributed by atoms with Crippen LogP contribution in [0.1, 0.15) is 106 Å². The first-order valence-corrected chi connectivity index (χ1v) is 17.2. The molecule has 3 aromatic rings. The maximum Gasteiger partial charge on any atom is 0.305 e. The number of amides is 3. The summed E-state index contributed by atoms with van der Waals surface area (Å²) in [5.41, 5.74) is 8.86. The summed E-state index contributed by atoms with van der Waals surface area (Å²) in [5, 5.41) is 3.80. The number of aromatic nitrogens is 1. The molecule has 0 bridgehead atoms. The number of pyridine rings is 1. The third-order valence-corrected chi connectivity index (χ3v) is 8.51. The summed E-state index contributed by atoms with van der Waals surface area (Å²) in [6.45, 7) is 4.65. The van der Waals surface area contributed by atoms with Crippen molar-refractivity contribution in [3.8, 4) is 0 Å². The Hall–Kier alpha value is -4.27. The van der Waals surface area contributed by atoms with Crippen LogP contribution in [-0.4, -0.2) is 59.3 Å². The van der Waals surface area contributed by atoms with Crippen molar-refractivity contribution in [2.75, 3.05) is 13.7 Å². The SMILES string of the molecule is CCCCCCCc1ccc(C[C@@H](CC(N)=O)N(CCCC)C(=O)[C@H](CCCC(=O)OC)NC(=O)c2ccc3ccccc3n2)cc1. The Bertz CT molecular complexity index is 1440. The predicted octanol–water partition coefficient (Wildman–Crippen LogP) is 6.30. The Morgan fingerprint density at radius 1 is 0.851 bits per heavy atom. The fourth-order valence-corrected chi connectivity index (χ4v) is 5.81. The zero-order chi connectivity index (χ0) is 34.0. The summed E-state index contributed by atoms with van der Waals surface area (Å²) < 4.78 is 4.80.